The minimum atomic E-state index is -4.10. The molecular weight excluding hydrogens is 445 g/mol. The Morgan fingerprint density at radius 1 is 1.15 bits per heavy atom. The molecule has 2 N–H and O–H groups in total. The topological polar surface area (TPSA) is 99.6 Å². The molecule has 33 heavy (non-hydrogen) atoms. The normalized spacial score (nSPS) is 14.0. The van der Waals surface area contributed by atoms with Crippen LogP contribution in [0.2, 0.25) is 0 Å². The van der Waals surface area contributed by atoms with E-state index in [0.717, 1.165) is 18.6 Å². The lowest BCUT2D eigenvalue weighted by atomic mass is 9.95. The number of nitrogens with zero attached hydrogens (tertiary/aromatic N) is 2. The highest BCUT2D eigenvalue weighted by Crippen LogP contribution is 2.29. The Labute approximate surface area is 191 Å². The van der Waals surface area contributed by atoms with Crippen molar-refractivity contribution in [2.75, 3.05) is 22.7 Å². The molecular formula is C24H22FN3O4S. The van der Waals surface area contributed by atoms with Gasteiger partial charge in [0, 0.05) is 13.1 Å². The number of benzene rings is 2. The van der Waals surface area contributed by atoms with Gasteiger partial charge in [0.25, 0.3) is 10.0 Å². The highest BCUT2D eigenvalue weighted by molar-refractivity contribution is 7.92. The van der Waals surface area contributed by atoms with Crippen LogP contribution >= 0.6 is 0 Å². The van der Waals surface area contributed by atoms with E-state index in [1.807, 2.05) is 17.0 Å². The second kappa shape index (κ2) is 9.03. The van der Waals surface area contributed by atoms with E-state index in [0.29, 0.717) is 13.1 Å². The molecule has 1 aliphatic heterocycles. The van der Waals surface area contributed by atoms with Crippen molar-refractivity contribution in [3.63, 3.8) is 0 Å². The number of aromatic nitrogens is 1. The molecule has 0 aliphatic carbocycles. The largest absolute Gasteiger partial charge is 0.478 e. The van der Waals surface area contributed by atoms with Crippen molar-refractivity contribution in [3.8, 4) is 0 Å². The molecule has 0 spiro atoms. The van der Waals surface area contributed by atoms with Gasteiger partial charge in [-0.15, -0.1) is 0 Å². The Hall–Kier alpha value is -3.72. The molecule has 3 aromatic rings. The van der Waals surface area contributed by atoms with Gasteiger partial charge in [-0.05, 0) is 54.3 Å². The number of nitrogens with one attached hydrogen (secondary N) is 1. The van der Waals surface area contributed by atoms with Gasteiger partial charge in [0.2, 0.25) is 0 Å². The van der Waals surface area contributed by atoms with E-state index >= 15 is 0 Å². The van der Waals surface area contributed by atoms with Gasteiger partial charge in [0.05, 0.1) is 16.8 Å². The summed E-state index contributed by atoms with van der Waals surface area (Å²) in [6.07, 6.45) is 4.04. The predicted molar refractivity (Wildman–Crippen MR) is 124 cm³/mol. The Bertz CT molecular complexity index is 1360. The molecule has 2 aromatic carbocycles. The molecule has 170 valence electrons. The van der Waals surface area contributed by atoms with E-state index in [9.17, 15) is 22.7 Å². The number of halogens is 1. The van der Waals surface area contributed by atoms with E-state index in [-0.39, 0.29) is 22.0 Å². The van der Waals surface area contributed by atoms with Crippen LogP contribution in [0.4, 0.5) is 15.9 Å². The Kier molecular flexibility index (Phi) is 6.15. The molecule has 0 saturated carbocycles. The number of hydrogen-bond acceptors (Lipinski definition) is 5. The van der Waals surface area contributed by atoms with Crippen LogP contribution in [-0.4, -0.2) is 37.6 Å². The molecule has 0 fully saturated rings. The summed E-state index contributed by atoms with van der Waals surface area (Å²) < 4.78 is 40.8. The van der Waals surface area contributed by atoms with E-state index in [1.54, 1.807) is 0 Å². The molecule has 0 radical (unpaired) electrons. The number of aromatic carboxylic acids is 1. The third kappa shape index (κ3) is 4.88. The SMILES string of the molecule is Cc1ccccc1C1=CCN(c2ncc(NS(=O)(=O)c3cccc(F)c3)cc2C(=O)O)CC1. The van der Waals surface area contributed by atoms with Crippen LogP contribution in [0, 0.1) is 12.7 Å². The second-order valence-electron chi connectivity index (χ2n) is 7.70. The molecule has 7 nitrogen and oxygen atoms in total. The first kappa shape index (κ1) is 22.5. The van der Waals surface area contributed by atoms with Crippen molar-refractivity contribution in [2.45, 2.75) is 18.2 Å². The number of hydrogen-bond donors (Lipinski definition) is 2. The zero-order valence-corrected chi connectivity index (χ0v) is 18.6. The Balaban J connectivity index is 1.58. The first-order valence-electron chi connectivity index (χ1n) is 10.3. The van der Waals surface area contributed by atoms with Crippen molar-refractivity contribution >= 4 is 33.1 Å². The summed E-state index contributed by atoms with van der Waals surface area (Å²) in [6.45, 7) is 3.10. The summed E-state index contributed by atoms with van der Waals surface area (Å²) in [5.41, 5.74) is 3.40. The van der Waals surface area contributed by atoms with Crippen molar-refractivity contribution in [2.24, 2.45) is 0 Å². The third-order valence-electron chi connectivity index (χ3n) is 5.46. The maximum absolute atomic E-state index is 13.4. The quantitative estimate of drug-likeness (QED) is 0.560. The van der Waals surface area contributed by atoms with Gasteiger partial charge in [0.1, 0.15) is 17.2 Å². The van der Waals surface area contributed by atoms with Crippen LogP contribution in [0.25, 0.3) is 5.57 Å². The molecule has 2 heterocycles. The summed E-state index contributed by atoms with van der Waals surface area (Å²) in [5.74, 6) is -1.66. The zero-order valence-electron chi connectivity index (χ0n) is 17.8. The maximum Gasteiger partial charge on any atom is 0.339 e. The number of rotatable bonds is 6. The van der Waals surface area contributed by atoms with Crippen molar-refractivity contribution in [1.82, 2.24) is 4.98 Å². The van der Waals surface area contributed by atoms with Gasteiger partial charge in [0.15, 0.2) is 0 Å². The van der Waals surface area contributed by atoms with Gasteiger partial charge in [-0.1, -0.05) is 36.4 Å². The zero-order chi connectivity index (χ0) is 23.6. The number of aryl methyl sites for hydroxylation is 1. The fourth-order valence-electron chi connectivity index (χ4n) is 3.81. The molecule has 0 amide bonds. The molecule has 9 heteroatoms. The first-order valence-corrected chi connectivity index (χ1v) is 11.7. The minimum absolute atomic E-state index is 0.0198. The molecule has 0 atom stereocenters. The van der Waals surface area contributed by atoms with E-state index in [2.05, 4.69) is 34.8 Å². The maximum atomic E-state index is 13.4. The molecule has 0 unspecified atom stereocenters. The predicted octanol–water partition coefficient (Wildman–Crippen LogP) is 4.32. The number of sulfonamides is 1. The van der Waals surface area contributed by atoms with E-state index in [1.165, 1.54) is 41.1 Å². The average Bonchev–Trinajstić information content (AvgIpc) is 2.79. The standard InChI is InChI=1S/C24H22FN3O4S/c1-16-5-2-3-8-21(16)17-9-11-28(12-10-17)23-22(24(29)30)14-19(15-26-23)27-33(31,32)20-7-4-6-18(25)13-20/h2-9,13-15,27H,10-12H2,1H3,(H,29,30). The van der Waals surface area contributed by atoms with Crippen LogP contribution < -0.4 is 9.62 Å². The van der Waals surface area contributed by atoms with Crippen LogP contribution in [-0.2, 0) is 10.0 Å². The summed E-state index contributed by atoms with van der Waals surface area (Å²) in [6, 6.07) is 13.9. The van der Waals surface area contributed by atoms with Gasteiger partial charge in [-0.3, -0.25) is 4.72 Å². The van der Waals surface area contributed by atoms with E-state index < -0.39 is 21.8 Å². The molecule has 1 aliphatic rings. The van der Waals surface area contributed by atoms with Gasteiger partial charge >= 0.3 is 5.97 Å². The van der Waals surface area contributed by atoms with Crippen LogP contribution in [0.3, 0.4) is 0 Å². The van der Waals surface area contributed by atoms with Gasteiger partial charge < -0.3 is 10.0 Å². The second-order valence-corrected chi connectivity index (χ2v) is 9.39. The Morgan fingerprint density at radius 2 is 1.94 bits per heavy atom. The summed E-state index contributed by atoms with van der Waals surface area (Å²) in [4.78, 5) is 17.7. The van der Waals surface area contributed by atoms with Crippen LogP contribution in [0.15, 0.2) is 71.8 Å². The smallest absolute Gasteiger partial charge is 0.339 e. The highest BCUT2D eigenvalue weighted by atomic mass is 32.2. The third-order valence-corrected chi connectivity index (χ3v) is 6.83. The summed E-state index contributed by atoms with van der Waals surface area (Å²) in [5, 5.41) is 9.73. The fourth-order valence-corrected chi connectivity index (χ4v) is 4.88. The molecule has 4 rings (SSSR count). The Morgan fingerprint density at radius 3 is 2.61 bits per heavy atom. The number of carboxylic acid groups (broad SMARTS) is 1. The average molecular weight is 468 g/mol. The van der Waals surface area contributed by atoms with Crippen molar-refractivity contribution in [3.05, 3.63) is 89.4 Å². The lowest BCUT2D eigenvalue weighted by molar-refractivity contribution is 0.0697. The highest BCUT2D eigenvalue weighted by Gasteiger charge is 2.23. The number of pyridine rings is 1. The van der Waals surface area contributed by atoms with Crippen LogP contribution in [0.1, 0.15) is 27.9 Å². The molecule has 1 aromatic heterocycles. The lowest BCUT2D eigenvalue weighted by Gasteiger charge is -2.29. The monoisotopic (exact) mass is 467 g/mol. The molecule has 0 saturated heterocycles. The number of carbonyl (C=O) groups is 1. The number of anilines is 2. The van der Waals surface area contributed by atoms with Gasteiger partial charge in [-0.2, -0.15) is 0 Å². The summed E-state index contributed by atoms with van der Waals surface area (Å²) >= 11 is 0. The lowest BCUT2D eigenvalue weighted by Crippen LogP contribution is -2.31. The van der Waals surface area contributed by atoms with Crippen LogP contribution in [0.5, 0.6) is 0 Å². The van der Waals surface area contributed by atoms with Gasteiger partial charge in [-0.25, -0.2) is 22.6 Å². The minimum Gasteiger partial charge on any atom is -0.478 e. The first-order chi connectivity index (χ1) is 15.7. The van der Waals surface area contributed by atoms with E-state index in [4.69, 9.17) is 0 Å². The summed E-state index contributed by atoms with van der Waals surface area (Å²) in [7, 11) is -4.10. The van der Waals surface area contributed by atoms with Crippen molar-refractivity contribution in [1.29, 1.82) is 0 Å². The molecule has 0 bridgehead atoms. The van der Waals surface area contributed by atoms with Crippen molar-refractivity contribution < 1.29 is 22.7 Å². The number of carboxylic acids is 1. The fraction of sp³-hybridized carbons (Fsp3) is 0.167.